The van der Waals surface area contributed by atoms with E-state index < -0.39 is 0 Å². The molecule has 0 aliphatic carbocycles. The van der Waals surface area contributed by atoms with E-state index in [4.69, 9.17) is 0 Å². The van der Waals surface area contributed by atoms with Gasteiger partial charge in [0, 0.05) is 18.5 Å². The Morgan fingerprint density at radius 1 is 1.73 bits per heavy atom. The predicted molar refractivity (Wildman–Crippen MR) is 51.8 cm³/mol. The van der Waals surface area contributed by atoms with Crippen LogP contribution in [0.15, 0.2) is 15.7 Å². The molecule has 0 radical (unpaired) electrons. The van der Waals surface area contributed by atoms with E-state index in [1.807, 2.05) is 25.1 Å². The Kier molecular flexibility index (Phi) is 3.00. The molecule has 62 valence electrons. The third-order valence-corrected chi connectivity index (χ3v) is 2.03. The second-order valence-corrected chi connectivity index (χ2v) is 3.30. The zero-order valence-electron chi connectivity index (χ0n) is 7.04. The summed E-state index contributed by atoms with van der Waals surface area (Å²) in [7, 11) is 0. The molecule has 1 aliphatic heterocycles. The Morgan fingerprint density at radius 3 is 3.00 bits per heavy atom. The van der Waals surface area contributed by atoms with E-state index in [0.29, 0.717) is 0 Å². The van der Waals surface area contributed by atoms with Crippen molar-refractivity contribution < 1.29 is 0 Å². The summed E-state index contributed by atoms with van der Waals surface area (Å²) in [4.78, 5) is 1.09. The minimum atomic E-state index is 1.04. The molecule has 2 nitrogen and oxygen atoms in total. The van der Waals surface area contributed by atoms with Gasteiger partial charge in [-0.3, -0.25) is 5.01 Å². The maximum absolute atomic E-state index is 4.31. The zero-order valence-corrected chi connectivity index (χ0v) is 7.93. The molecule has 0 amide bonds. The first-order valence-corrected chi connectivity index (χ1v) is 4.35. The highest BCUT2D eigenvalue weighted by atomic mass is 32.1. The molecule has 3 heteroatoms. The van der Waals surface area contributed by atoms with Gasteiger partial charge in [0.15, 0.2) is 0 Å². The minimum absolute atomic E-state index is 1.04. The second kappa shape index (κ2) is 3.81. The fraction of sp³-hybridized carbons (Fsp3) is 0.625. The van der Waals surface area contributed by atoms with Crippen LogP contribution in [0.3, 0.4) is 0 Å². The van der Waals surface area contributed by atoms with E-state index in [1.54, 1.807) is 0 Å². The average molecular weight is 170 g/mol. The lowest BCUT2D eigenvalue weighted by Crippen LogP contribution is -2.10. The van der Waals surface area contributed by atoms with E-state index in [0.717, 1.165) is 17.9 Å². The van der Waals surface area contributed by atoms with E-state index >= 15 is 0 Å². The lowest BCUT2D eigenvalue weighted by molar-refractivity contribution is 0.419. The predicted octanol–water partition coefficient (Wildman–Crippen LogP) is 2.25. The molecule has 0 atom stereocenters. The SMILES string of the molecule is C/C=N\N1CCC/C1=C(/C)S. The van der Waals surface area contributed by atoms with Crippen molar-refractivity contribution in [1.82, 2.24) is 5.01 Å². The smallest absolute Gasteiger partial charge is 0.0458 e. The van der Waals surface area contributed by atoms with Gasteiger partial charge < -0.3 is 0 Å². The molecule has 0 N–H and O–H groups in total. The summed E-state index contributed by atoms with van der Waals surface area (Å²) < 4.78 is 0. The van der Waals surface area contributed by atoms with Crippen LogP contribution >= 0.6 is 12.6 Å². The fourth-order valence-corrected chi connectivity index (χ4v) is 1.52. The quantitative estimate of drug-likeness (QED) is 0.471. The lowest BCUT2D eigenvalue weighted by Gasteiger charge is -2.13. The van der Waals surface area contributed by atoms with Gasteiger partial charge in [0.1, 0.15) is 0 Å². The van der Waals surface area contributed by atoms with E-state index in [9.17, 15) is 0 Å². The first-order chi connectivity index (χ1) is 5.25. The first-order valence-electron chi connectivity index (χ1n) is 3.90. The summed E-state index contributed by atoms with van der Waals surface area (Å²) in [6.07, 6.45) is 4.14. The second-order valence-electron chi connectivity index (χ2n) is 2.63. The highest BCUT2D eigenvalue weighted by Gasteiger charge is 2.16. The Labute approximate surface area is 73.4 Å². The molecular formula is C8H14N2S. The molecule has 0 aromatic heterocycles. The van der Waals surface area contributed by atoms with E-state index in [-0.39, 0.29) is 0 Å². The van der Waals surface area contributed by atoms with Crippen LogP contribution in [0, 0.1) is 0 Å². The maximum Gasteiger partial charge on any atom is 0.0458 e. The number of allylic oxidation sites excluding steroid dienone is 2. The van der Waals surface area contributed by atoms with Gasteiger partial charge in [-0.05, 0) is 31.6 Å². The Balaban J connectivity index is 2.74. The van der Waals surface area contributed by atoms with Gasteiger partial charge >= 0.3 is 0 Å². The standard InChI is InChI=1S/C8H14N2S/c1-3-9-10-6-4-5-8(10)7(2)11/h3,11H,4-6H2,1-2H3/b8-7+,9-3-. The highest BCUT2D eigenvalue weighted by Crippen LogP contribution is 2.25. The van der Waals surface area contributed by atoms with Crippen molar-refractivity contribution in [2.24, 2.45) is 5.10 Å². The van der Waals surface area contributed by atoms with Gasteiger partial charge in [0.25, 0.3) is 0 Å². The van der Waals surface area contributed by atoms with Gasteiger partial charge in [-0.2, -0.15) is 5.10 Å². The molecule has 0 aromatic rings. The third-order valence-electron chi connectivity index (χ3n) is 1.77. The van der Waals surface area contributed by atoms with Gasteiger partial charge in [0.2, 0.25) is 0 Å². The number of thiol groups is 1. The molecule has 0 saturated carbocycles. The Hall–Kier alpha value is -0.440. The number of rotatable bonds is 1. The molecule has 0 bridgehead atoms. The van der Waals surface area contributed by atoms with Crippen LogP contribution in [0.1, 0.15) is 26.7 Å². The van der Waals surface area contributed by atoms with Crippen LogP contribution in [-0.4, -0.2) is 17.8 Å². The van der Waals surface area contributed by atoms with E-state index in [1.165, 1.54) is 12.1 Å². The van der Waals surface area contributed by atoms with Crippen LogP contribution in [0.2, 0.25) is 0 Å². The number of nitrogens with zero attached hydrogens (tertiary/aromatic N) is 2. The molecule has 1 heterocycles. The van der Waals surface area contributed by atoms with Crippen LogP contribution < -0.4 is 0 Å². The molecular weight excluding hydrogens is 156 g/mol. The van der Waals surface area contributed by atoms with Crippen LogP contribution in [0.5, 0.6) is 0 Å². The number of hydrazone groups is 1. The molecule has 1 aliphatic rings. The maximum atomic E-state index is 4.31. The van der Waals surface area contributed by atoms with Gasteiger partial charge in [-0.15, -0.1) is 12.6 Å². The summed E-state index contributed by atoms with van der Waals surface area (Å²) in [6.45, 7) is 4.99. The summed E-state index contributed by atoms with van der Waals surface area (Å²) in [5.74, 6) is 0. The summed E-state index contributed by atoms with van der Waals surface area (Å²) in [5.41, 5.74) is 1.27. The monoisotopic (exact) mass is 170 g/mol. The van der Waals surface area contributed by atoms with Crippen molar-refractivity contribution in [3.63, 3.8) is 0 Å². The Bertz CT molecular complexity index is 192. The van der Waals surface area contributed by atoms with Crippen LogP contribution in [0.4, 0.5) is 0 Å². The molecule has 0 aromatic carbocycles. The topological polar surface area (TPSA) is 15.6 Å². The molecule has 0 unspecified atom stereocenters. The largest absolute Gasteiger partial charge is 0.269 e. The van der Waals surface area contributed by atoms with Crippen molar-refractivity contribution in [3.8, 4) is 0 Å². The lowest BCUT2D eigenvalue weighted by atomic mass is 10.3. The van der Waals surface area contributed by atoms with Gasteiger partial charge in [0.05, 0.1) is 0 Å². The highest BCUT2D eigenvalue weighted by molar-refractivity contribution is 7.84. The summed E-state index contributed by atoms with van der Waals surface area (Å²) in [5, 5.41) is 6.26. The van der Waals surface area contributed by atoms with Crippen molar-refractivity contribution in [2.45, 2.75) is 26.7 Å². The summed E-state index contributed by atoms with van der Waals surface area (Å²) in [6, 6.07) is 0. The van der Waals surface area contributed by atoms with Crippen molar-refractivity contribution in [3.05, 3.63) is 10.6 Å². The first kappa shape index (κ1) is 8.65. The summed E-state index contributed by atoms with van der Waals surface area (Å²) >= 11 is 4.31. The van der Waals surface area contributed by atoms with Crippen molar-refractivity contribution in [1.29, 1.82) is 0 Å². The molecule has 11 heavy (non-hydrogen) atoms. The zero-order chi connectivity index (χ0) is 8.27. The van der Waals surface area contributed by atoms with E-state index in [2.05, 4.69) is 17.7 Å². The van der Waals surface area contributed by atoms with Crippen LogP contribution in [0.25, 0.3) is 0 Å². The minimum Gasteiger partial charge on any atom is -0.269 e. The molecule has 0 spiro atoms. The normalized spacial score (nSPS) is 23.4. The molecule has 1 fully saturated rings. The van der Waals surface area contributed by atoms with Gasteiger partial charge in [-0.25, -0.2) is 0 Å². The molecule has 1 saturated heterocycles. The van der Waals surface area contributed by atoms with Crippen molar-refractivity contribution in [2.75, 3.05) is 6.54 Å². The number of hydrogen-bond acceptors (Lipinski definition) is 3. The third kappa shape index (κ3) is 1.99. The average Bonchev–Trinajstić information content (AvgIpc) is 2.36. The van der Waals surface area contributed by atoms with Crippen molar-refractivity contribution >= 4 is 18.8 Å². The van der Waals surface area contributed by atoms with Gasteiger partial charge in [-0.1, -0.05) is 0 Å². The fourth-order valence-electron chi connectivity index (χ4n) is 1.29. The van der Waals surface area contributed by atoms with Crippen LogP contribution in [-0.2, 0) is 0 Å². The number of hydrogen-bond donors (Lipinski definition) is 1. The molecule has 1 rings (SSSR count). The Morgan fingerprint density at radius 2 is 2.45 bits per heavy atom.